The molecule has 1 heterocycles. The molecule has 30 heavy (non-hydrogen) atoms. The summed E-state index contributed by atoms with van der Waals surface area (Å²) in [6.45, 7) is 6.52. The van der Waals surface area contributed by atoms with E-state index in [1.165, 1.54) is 6.08 Å². The smallest absolute Gasteiger partial charge is 0.248 e. The van der Waals surface area contributed by atoms with Gasteiger partial charge >= 0.3 is 0 Å². The highest BCUT2D eigenvalue weighted by molar-refractivity contribution is 8.00. The number of para-hydroxylation sites is 1. The average molecular weight is 423 g/mol. The predicted molar refractivity (Wildman–Crippen MR) is 121 cm³/mol. The summed E-state index contributed by atoms with van der Waals surface area (Å²) < 4.78 is 11.6. The van der Waals surface area contributed by atoms with Gasteiger partial charge in [-0.2, -0.15) is 5.26 Å². The molecular formula is C24H26N2O3S. The maximum atomic E-state index is 12.6. The Balaban J connectivity index is 1.74. The highest BCUT2D eigenvalue weighted by atomic mass is 32.2. The summed E-state index contributed by atoms with van der Waals surface area (Å²) in [5, 5.41) is 12.0. The van der Waals surface area contributed by atoms with Crippen molar-refractivity contribution in [2.24, 2.45) is 0 Å². The number of thioether (sulfide) groups is 1. The lowest BCUT2D eigenvalue weighted by molar-refractivity contribution is -0.111. The molecule has 1 aliphatic rings. The third kappa shape index (κ3) is 5.58. The van der Waals surface area contributed by atoms with Gasteiger partial charge in [-0.25, -0.2) is 0 Å². The second-order valence-electron chi connectivity index (χ2n) is 7.17. The van der Waals surface area contributed by atoms with Crippen molar-refractivity contribution in [2.75, 3.05) is 11.9 Å². The van der Waals surface area contributed by atoms with Gasteiger partial charge in [-0.3, -0.25) is 4.79 Å². The number of carbonyl (C=O) groups is 1. The first-order valence-corrected chi connectivity index (χ1v) is 11.0. The Kier molecular flexibility index (Phi) is 7.42. The fourth-order valence-electron chi connectivity index (χ4n) is 3.27. The SMILES string of the molecule is CCOc1cc2c(cc1C=CC(=O)Nc1ccccc1SC(C)CC#N)OC(C)C2. The third-order valence-corrected chi connectivity index (χ3v) is 5.77. The van der Waals surface area contributed by atoms with Gasteiger partial charge in [-0.15, -0.1) is 11.8 Å². The molecule has 1 amide bonds. The summed E-state index contributed by atoms with van der Waals surface area (Å²) in [5.74, 6) is 1.37. The van der Waals surface area contributed by atoms with Crippen LogP contribution in [0.25, 0.3) is 6.08 Å². The molecule has 0 spiro atoms. The molecule has 2 aromatic rings. The molecule has 2 unspecified atom stereocenters. The van der Waals surface area contributed by atoms with Crippen molar-refractivity contribution in [1.29, 1.82) is 5.26 Å². The zero-order chi connectivity index (χ0) is 21.5. The van der Waals surface area contributed by atoms with E-state index < -0.39 is 0 Å². The van der Waals surface area contributed by atoms with Gasteiger partial charge in [0.05, 0.1) is 18.4 Å². The quantitative estimate of drug-likeness (QED) is 0.452. The Morgan fingerprint density at radius 3 is 3.00 bits per heavy atom. The average Bonchev–Trinajstić information content (AvgIpc) is 3.07. The van der Waals surface area contributed by atoms with Crippen LogP contribution < -0.4 is 14.8 Å². The number of rotatable bonds is 8. The van der Waals surface area contributed by atoms with Gasteiger partial charge in [0.25, 0.3) is 0 Å². The van der Waals surface area contributed by atoms with Crippen LogP contribution in [0.3, 0.4) is 0 Å². The lowest BCUT2D eigenvalue weighted by Gasteiger charge is -2.12. The Morgan fingerprint density at radius 2 is 2.23 bits per heavy atom. The Hall–Kier alpha value is -2.91. The number of carbonyl (C=O) groups excluding carboxylic acids is 1. The van der Waals surface area contributed by atoms with E-state index in [2.05, 4.69) is 11.4 Å². The molecule has 6 heteroatoms. The molecule has 0 aromatic heterocycles. The topological polar surface area (TPSA) is 71.3 Å². The van der Waals surface area contributed by atoms with Crippen molar-refractivity contribution in [1.82, 2.24) is 0 Å². The molecule has 0 bridgehead atoms. The molecule has 3 rings (SSSR count). The van der Waals surface area contributed by atoms with Gasteiger partial charge in [0, 0.05) is 40.2 Å². The molecule has 0 aliphatic carbocycles. The first-order chi connectivity index (χ1) is 14.5. The number of hydrogen-bond acceptors (Lipinski definition) is 5. The molecule has 0 saturated heterocycles. The number of amides is 1. The lowest BCUT2D eigenvalue weighted by Crippen LogP contribution is -2.09. The number of nitrogens with one attached hydrogen (secondary N) is 1. The summed E-state index contributed by atoms with van der Waals surface area (Å²) in [4.78, 5) is 13.5. The van der Waals surface area contributed by atoms with Gasteiger partial charge in [0.15, 0.2) is 0 Å². The highest BCUT2D eigenvalue weighted by Crippen LogP contribution is 2.36. The highest BCUT2D eigenvalue weighted by Gasteiger charge is 2.21. The van der Waals surface area contributed by atoms with E-state index in [-0.39, 0.29) is 17.3 Å². The Bertz CT molecular complexity index is 981. The standard InChI is InChI=1S/C24H26N2O3S/c1-4-28-21-15-19-13-16(2)29-22(19)14-18(21)9-10-24(27)26-20-7-5-6-8-23(20)30-17(3)11-12-25/h5-10,14-17H,4,11,13H2,1-3H3,(H,26,27). The third-order valence-electron chi connectivity index (χ3n) is 4.59. The number of benzene rings is 2. The van der Waals surface area contributed by atoms with Gasteiger partial charge in [-0.05, 0) is 44.2 Å². The van der Waals surface area contributed by atoms with E-state index in [0.717, 1.165) is 39.6 Å². The minimum atomic E-state index is -0.229. The zero-order valence-corrected chi connectivity index (χ0v) is 18.3. The van der Waals surface area contributed by atoms with Crippen LogP contribution in [0.15, 0.2) is 47.4 Å². The summed E-state index contributed by atoms with van der Waals surface area (Å²) in [5.41, 5.74) is 2.67. The molecule has 2 aromatic carbocycles. The second kappa shape index (κ2) is 10.2. The molecule has 0 radical (unpaired) electrons. The number of hydrogen-bond donors (Lipinski definition) is 1. The van der Waals surface area contributed by atoms with Crippen LogP contribution in [0.1, 0.15) is 38.3 Å². The van der Waals surface area contributed by atoms with Crippen molar-refractivity contribution in [3.8, 4) is 17.6 Å². The number of anilines is 1. The van der Waals surface area contributed by atoms with Gasteiger partial charge < -0.3 is 14.8 Å². The van der Waals surface area contributed by atoms with Crippen molar-refractivity contribution in [3.05, 3.63) is 53.6 Å². The van der Waals surface area contributed by atoms with Gasteiger partial charge in [0.2, 0.25) is 5.91 Å². The minimum Gasteiger partial charge on any atom is -0.493 e. The first-order valence-electron chi connectivity index (χ1n) is 10.1. The molecule has 2 atom stereocenters. The largest absolute Gasteiger partial charge is 0.493 e. The Morgan fingerprint density at radius 1 is 1.43 bits per heavy atom. The van der Waals surface area contributed by atoms with Crippen molar-refractivity contribution in [3.63, 3.8) is 0 Å². The van der Waals surface area contributed by atoms with Crippen molar-refractivity contribution < 1.29 is 14.3 Å². The molecular weight excluding hydrogens is 396 g/mol. The zero-order valence-electron chi connectivity index (χ0n) is 17.5. The fraction of sp³-hybridized carbons (Fsp3) is 0.333. The summed E-state index contributed by atoms with van der Waals surface area (Å²) in [7, 11) is 0. The number of nitrogens with zero attached hydrogens (tertiary/aromatic N) is 1. The van der Waals surface area contributed by atoms with E-state index in [1.54, 1.807) is 17.8 Å². The van der Waals surface area contributed by atoms with Crippen molar-refractivity contribution in [2.45, 2.75) is 49.9 Å². The Labute approximate surface area is 182 Å². The van der Waals surface area contributed by atoms with Crippen molar-refractivity contribution >= 4 is 29.4 Å². The van der Waals surface area contributed by atoms with Crippen LogP contribution >= 0.6 is 11.8 Å². The maximum Gasteiger partial charge on any atom is 0.248 e. The molecule has 1 aliphatic heterocycles. The summed E-state index contributed by atoms with van der Waals surface area (Å²) >= 11 is 1.58. The maximum absolute atomic E-state index is 12.6. The monoisotopic (exact) mass is 422 g/mol. The number of nitriles is 1. The van der Waals surface area contributed by atoms with E-state index in [4.69, 9.17) is 14.7 Å². The minimum absolute atomic E-state index is 0.145. The van der Waals surface area contributed by atoms with E-state index >= 15 is 0 Å². The molecule has 156 valence electrons. The van der Waals surface area contributed by atoms with Gasteiger partial charge in [0.1, 0.15) is 17.6 Å². The predicted octanol–water partition coefficient (Wildman–Crippen LogP) is 5.45. The van der Waals surface area contributed by atoms with Crippen LogP contribution in [-0.2, 0) is 11.2 Å². The summed E-state index contributed by atoms with van der Waals surface area (Å²) in [6, 6.07) is 13.7. The number of fused-ring (bicyclic) bond motifs is 1. The lowest BCUT2D eigenvalue weighted by atomic mass is 10.1. The van der Waals surface area contributed by atoms with Gasteiger partial charge in [-0.1, -0.05) is 19.1 Å². The molecule has 0 fully saturated rings. The van der Waals surface area contributed by atoms with E-state index in [0.29, 0.717) is 13.0 Å². The first kappa shape index (κ1) is 21.8. The normalized spacial score (nSPS) is 15.9. The molecule has 0 saturated carbocycles. The van der Waals surface area contributed by atoms with E-state index in [9.17, 15) is 4.79 Å². The van der Waals surface area contributed by atoms with Crippen LogP contribution in [0.5, 0.6) is 11.5 Å². The van der Waals surface area contributed by atoms with Crippen LogP contribution in [0.2, 0.25) is 0 Å². The number of ether oxygens (including phenoxy) is 2. The summed E-state index contributed by atoms with van der Waals surface area (Å²) in [6.07, 6.45) is 4.71. The molecule has 5 nitrogen and oxygen atoms in total. The fourth-order valence-corrected chi connectivity index (χ4v) is 4.26. The van der Waals surface area contributed by atoms with Crippen LogP contribution in [0, 0.1) is 11.3 Å². The van der Waals surface area contributed by atoms with Crippen LogP contribution in [-0.4, -0.2) is 23.9 Å². The van der Waals surface area contributed by atoms with Crippen LogP contribution in [0.4, 0.5) is 5.69 Å². The molecule has 1 N–H and O–H groups in total. The second-order valence-corrected chi connectivity index (χ2v) is 8.65. The van der Waals surface area contributed by atoms with E-state index in [1.807, 2.05) is 57.2 Å².